The van der Waals surface area contributed by atoms with Crippen molar-refractivity contribution in [1.29, 1.82) is 0 Å². The van der Waals surface area contributed by atoms with Gasteiger partial charge in [0.05, 0.1) is 7.11 Å². The summed E-state index contributed by atoms with van der Waals surface area (Å²) in [5.41, 5.74) is 2.35. The monoisotopic (exact) mass is 316 g/mol. The number of fused-ring (bicyclic) bond motifs is 1. The van der Waals surface area contributed by atoms with Crippen molar-refractivity contribution in [3.8, 4) is 0 Å². The van der Waals surface area contributed by atoms with E-state index in [2.05, 4.69) is 4.74 Å². The van der Waals surface area contributed by atoms with E-state index >= 15 is 0 Å². The summed E-state index contributed by atoms with van der Waals surface area (Å²) in [6.07, 6.45) is 3.94. The number of amides is 2. The molecule has 23 heavy (non-hydrogen) atoms. The van der Waals surface area contributed by atoms with Crippen LogP contribution < -0.4 is 4.90 Å². The van der Waals surface area contributed by atoms with Crippen LogP contribution in [0.4, 0.5) is 5.69 Å². The minimum Gasteiger partial charge on any atom is -0.466 e. The minimum absolute atomic E-state index is 0.0677. The predicted octanol–water partition coefficient (Wildman–Crippen LogP) is 1.40. The summed E-state index contributed by atoms with van der Waals surface area (Å²) in [4.78, 5) is 38.5. The zero-order chi connectivity index (χ0) is 17.0. The van der Waals surface area contributed by atoms with Gasteiger partial charge in [0.1, 0.15) is 0 Å². The van der Waals surface area contributed by atoms with Crippen LogP contribution in [0.15, 0.2) is 30.4 Å². The van der Waals surface area contributed by atoms with Crippen LogP contribution in [0.5, 0.6) is 0 Å². The zero-order valence-electron chi connectivity index (χ0n) is 13.5. The zero-order valence-corrected chi connectivity index (χ0v) is 13.5. The molecule has 0 aromatic heterocycles. The number of carbonyl (C=O) groups is 3. The smallest absolute Gasteiger partial charge is 0.330 e. The van der Waals surface area contributed by atoms with Gasteiger partial charge in [0.15, 0.2) is 0 Å². The molecule has 1 aliphatic rings. The first-order valence-electron chi connectivity index (χ1n) is 7.36. The lowest BCUT2D eigenvalue weighted by atomic mass is 9.98. The number of hydrogen-bond donors (Lipinski definition) is 0. The van der Waals surface area contributed by atoms with Crippen LogP contribution in [-0.4, -0.2) is 50.4 Å². The van der Waals surface area contributed by atoms with Crippen molar-refractivity contribution in [2.75, 3.05) is 32.6 Å². The maximum absolute atomic E-state index is 12.3. The molecule has 0 N–H and O–H groups in total. The van der Waals surface area contributed by atoms with E-state index in [4.69, 9.17) is 0 Å². The second-order valence-corrected chi connectivity index (χ2v) is 5.49. The van der Waals surface area contributed by atoms with Crippen molar-refractivity contribution in [3.05, 3.63) is 41.5 Å². The first kappa shape index (κ1) is 16.7. The Morgan fingerprint density at radius 2 is 1.96 bits per heavy atom. The number of anilines is 1. The fourth-order valence-corrected chi connectivity index (χ4v) is 2.51. The molecule has 0 aliphatic carbocycles. The summed E-state index contributed by atoms with van der Waals surface area (Å²) in [6, 6.07) is 5.34. The third-order valence-electron chi connectivity index (χ3n) is 3.68. The Morgan fingerprint density at radius 3 is 2.61 bits per heavy atom. The number of hydrogen-bond acceptors (Lipinski definition) is 4. The molecule has 0 saturated heterocycles. The second-order valence-electron chi connectivity index (χ2n) is 5.49. The standard InChI is InChI=1S/C17H20N2O4/c1-18(2)17(22)13-6-7-14-12(11-13)5-4-10-19(14)15(20)8-9-16(21)23-3/h6-9,11H,4-5,10H2,1-3H3/b9-8+. The summed E-state index contributed by atoms with van der Waals surface area (Å²) in [7, 11) is 4.67. The Labute approximate surface area is 135 Å². The first-order valence-corrected chi connectivity index (χ1v) is 7.36. The van der Waals surface area contributed by atoms with Crippen molar-refractivity contribution in [1.82, 2.24) is 4.90 Å². The van der Waals surface area contributed by atoms with E-state index in [1.807, 2.05) is 6.07 Å². The molecule has 0 unspecified atom stereocenters. The fraction of sp³-hybridized carbons (Fsp3) is 0.353. The highest BCUT2D eigenvalue weighted by Crippen LogP contribution is 2.28. The number of carbonyl (C=O) groups excluding carboxylic acids is 3. The average molecular weight is 316 g/mol. The Morgan fingerprint density at radius 1 is 1.22 bits per heavy atom. The molecular formula is C17H20N2O4. The Balaban J connectivity index is 2.26. The summed E-state index contributed by atoms with van der Waals surface area (Å²) in [6.45, 7) is 0.582. The lowest BCUT2D eigenvalue weighted by Gasteiger charge is -2.29. The second kappa shape index (κ2) is 7.09. The lowest BCUT2D eigenvalue weighted by Crippen LogP contribution is -2.34. The van der Waals surface area contributed by atoms with E-state index in [0.717, 1.165) is 30.2 Å². The number of rotatable bonds is 3. The minimum atomic E-state index is -0.567. The van der Waals surface area contributed by atoms with Crippen LogP contribution in [-0.2, 0) is 20.7 Å². The summed E-state index contributed by atoms with van der Waals surface area (Å²) >= 11 is 0. The fourth-order valence-electron chi connectivity index (χ4n) is 2.51. The summed E-state index contributed by atoms with van der Waals surface area (Å²) in [5.74, 6) is -0.910. The maximum Gasteiger partial charge on any atom is 0.330 e. The van der Waals surface area contributed by atoms with Gasteiger partial charge in [-0.3, -0.25) is 9.59 Å². The number of nitrogens with zero attached hydrogens (tertiary/aromatic N) is 2. The molecule has 6 heteroatoms. The van der Waals surface area contributed by atoms with Gasteiger partial charge in [-0.1, -0.05) is 0 Å². The maximum atomic E-state index is 12.3. The van der Waals surface area contributed by atoms with Crippen molar-refractivity contribution in [3.63, 3.8) is 0 Å². The first-order chi connectivity index (χ1) is 10.9. The van der Waals surface area contributed by atoms with E-state index in [9.17, 15) is 14.4 Å². The van der Waals surface area contributed by atoms with Crippen molar-refractivity contribution in [2.45, 2.75) is 12.8 Å². The SMILES string of the molecule is COC(=O)/C=C/C(=O)N1CCCc2cc(C(=O)N(C)C)ccc21. The highest BCUT2D eigenvalue weighted by molar-refractivity contribution is 6.05. The Hall–Kier alpha value is -2.63. The van der Waals surface area contributed by atoms with Crippen molar-refractivity contribution in [2.24, 2.45) is 0 Å². The van der Waals surface area contributed by atoms with Gasteiger partial charge in [0.2, 0.25) is 0 Å². The molecule has 0 fully saturated rings. The number of methoxy groups -OCH3 is 1. The van der Waals surface area contributed by atoms with Gasteiger partial charge in [0.25, 0.3) is 11.8 Å². The molecule has 6 nitrogen and oxygen atoms in total. The highest BCUT2D eigenvalue weighted by atomic mass is 16.5. The average Bonchev–Trinajstić information content (AvgIpc) is 2.57. The summed E-state index contributed by atoms with van der Waals surface area (Å²) < 4.78 is 4.48. The van der Waals surface area contributed by atoms with Crippen LogP contribution in [0.2, 0.25) is 0 Å². The Kier molecular flexibility index (Phi) is 5.16. The van der Waals surface area contributed by atoms with E-state index < -0.39 is 5.97 Å². The largest absolute Gasteiger partial charge is 0.466 e. The van der Waals surface area contributed by atoms with E-state index in [0.29, 0.717) is 12.1 Å². The molecule has 1 heterocycles. The van der Waals surface area contributed by atoms with Crippen LogP contribution in [0, 0.1) is 0 Å². The van der Waals surface area contributed by atoms with Gasteiger partial charge in [0, 0.05) is 44.0 Å². The molecule has 0 spiro atoms. The van der Waals surface area contributed by atoms with E-state index in [1.54, 1.807) is 31.1 Å². The molecule has 1 aromatic rings. The number of aryl methyl sites for hydroxylation is 1. The van der Waals surface area contributed by atoms with Crippen molar-refractivity contribution >= 4 is 23.5 Å². The quantitative estimate of drug-likeness (QED) is 0.624. The third-order valence-corrected chi connectivity index (χ3v) is 3.68. The van der Waals surface area contributed by atoms with Gasteiger partial charge in [-0.05, 0) is 36.6 Å². The number of ether oxygens (including phenoxy) is 1. The van der Waals surface area contributed by atoms with Crippen LogP contribution >= 0.6 is 0 Å². The normalized spacial score (nSPS) is 13.6. The molecule has 2 amide bonds. The Bertz CT molecular complexity index is 665. The van der Waals surface area contributed by atoms with E-state index in [1.165, 1.54) is 18.1 Å². The molecule has 2 rings (SSSR count). The van der Waals surface area contributed by atoms with Crippen LogP contribution in [0.3, 0.4) is 0 Å². The molecule has 0 saturated carbocycles. The molecule has 0 radical (unpaired) electrons. The topological polar surface area (TPSA) is 66.9 Å². The third kappa shape index (κ3) is 3.77. The predicted molar refractivity (Wildman–Crippen MR) is 86.3 cm³/mol. The number of benzene rings is 1. The summed E-state index contributed by atoms with van der Waals surface area (Å²) in [5, 5.41) is 0. The lowest BCUT2D eigenvalue weighted by molar-refractivity contribution is -0.135. The molecular weight excluding hydrogens is 296 g/mol. The molecule has 1 aromatic carbocycles. The van der Waals surface area contributed by atoms with Gasteiger partial charge in [-0.2, -0.15) is 0 Å². The molecule has 0 atom stereocenters. The van der Waals surface area contributed by atoms with Crippen molar-refractivity contribution < 1.29 is 19.1 Å². The van der Waals surface area contributed by atoms with E-state index in [-0.39, 0.29) is 11.8 Å². The molecule has 122 valence electrons. The number of esters is 1. The molecule has 1 aliphatic heterocycles. The van der Waals surface area contributed by atoms with Crippen LogP contribution in [0.1, 0.15) is 22.3 Å². The van der Waals surface area contributed by atoms with Crippen LogP contribution in [0.25, 0.3) is 0 Å². The molecule has 0 bridgehead atoms. The van der Waals surface area contributed by atoms with Gasteiger partial charge in [-0.25, -0.2) is 4.79 Å². The van der Waals surface area contributed by atoms with Gasteiger partial charge >= 0.3 is 5.97 Å². The van der Waals surface area contributed by atoms with Gasteiger partial charge in [-0.15, -0.1) is 0 Å². The van der Waals surface area contributed by atoms with Gasteiger partial charge < -0.3 is 14.5 Å². The highest BCUT2D eigenvalue weighted by Gasteiger charge is 2.22.